The standard InChI is InChI=1S/C16H25NO2S/c1-4-20(18,19)12-11-17-10-6-9-16(17)15-8-5-7-13(2)14(15)3/h5,7-8,16H,4,6,9-12H2,1-3H3/t16-/m1/s1. The molecule has 112 valence electrons. The molecule has 0 amide bonds. The summed E-state index contributed by atoms with van der Waals surface area (Å²) in [5.74, 6) is 0.528. The summed E-state index contributed by atoms with van der Waals surface area (Å²) in [7, 11) is -2.87. The molecule has 0 aliphatic carbocycles. The van der Waals surface area contributed by atoms with Crippen molar-refractivity contribution in [3.8, 4) is 0 Å². The Balaban J connectivity index is 2.13. The van der Waals surface area contributed by atoms with Crippen LogP contribution in [-0.2, 0) is 9.84 Å². The molecule has 0 radical (unpaired) electrons. The second kappa shape index (κ2) is 6.27. The fourth-order valence-corrected chi connectivity index (χ4v) is 3.78. The molecule has 1 heterocycles. The fraction of sp³-hybridized carbons (Fsp3) is 0.625. The fourth-order valence-electron chi connectivity index (χ4n) is 2.98. The van der Waals surface area contributed by atoms with Crippen molar-refractivity contribution in [1.82, 2.24) is 4.90 Å². The summed E-state index contributed by atoms with van der Waals surface area (Å²) < 4.78 is 23.4. The average Bonchev–Trinajstić information content (AvgIpc) is 2.88. The molecule has 0 aromatic heterocycles. The van der Waals surface area contributed by atoms with E-state index in [4.69, 9.17) is 0 Å². The summed E-state index contributed by atoms with van der Waals surface area (Å²) in [4.78, 5) is 2.34. The number of nitrogens with zero attached hydrogens (tertiary/aromatic N) is 1. The van der Waals surface area contributed by atoms with Gasteiger partial charge in [-0.15, -0.1) is 0 Å². The van der Waals surface area contributed by atoms with Gasteiger partial charge >= 0.3 is 0 Å². The summed E-state index contributed by atoms with van der Waals surface area (Å²) >= 11 is 0. The lowest BCUT2D eigenvalue weighted by atomic mass is 9.96. The van der Waals surface area contributed by atoms with Crippen LogP contribution in [0.15, 0.2) is 18.2 Å². The van der Waals surface area contributed by atoms with Crippen molar-refractivity contribution >= 4 is 9.84 Å². The summed E-state index contributed by atoms with van der Waals surface area (Å²) in [6.45, 7) is 7.70. The van der Waals surface area contributed by atoms with Gasteiger partial charge in [-0.1, -0.05) is 25.1 Å². The van der Waals surface area contributed by atoms with E-state index in [2.05, 4.69) is 36.9 Å². The highest BCUT2D eigenvalue weighted by molar-refractivity contribution is 7.91. The first kappa shape index (κ1) is 15.5. The summed E-state index contributed by atoms with van der Waals surface area (Å²) in [5.41, 5.74) is 4.04. The van der Waals surface area contributed by atoms with Gasteiger partial charge in [0.05, 0.1) is 5.75 Å². The van der Waals surface area contributed by atoms with E-state index in [1.54, 1.807) is 6.92 Å². The first-order valence-corrected chi connectivity index (χ1v) is 9.27. The Labute approximate surface area is 122 Å². The zero-order valence-electron chi connectivity index (χ0n) is 12.7. The lowest BCUT2D eigenvalue weighted by Gasteiger charge is -2.26. The Morgan fingerprint density at radius 2 is 2.05 bits per heavy atom. The van der Waals surface area contributed by atoms with Crippen LogP contribution in [0, 0.1) is 13.8 Å². The quantitative estimate of drug-likeness (QED) is 0.838. The maximum Gasteiger partial charge on any atom is 0.151 e. The van der Waals surface area contributed by atoms with Crippen molar-refractivity contribution in [2.75, 3.05) is 24.6 Å². The predicted molar refractivity (Wildman–Crippen MR) is 83.8 cm³/mol. The molecule has 0 unspecified atom stereocenters. The van der Waals surface area contributed by atoms with Crippen molar-refractivity contribution in [2.45, 2.75) is 39.7 Å². The van der Waals surface area contributed by atoms with E-state index < -0.39 is 9.84 Å². The number of aryl methyl sites for hydroxylation is 1. The summed E-state index contributed by atoms with van der Waals surface area (Å²) in [6.07, 6.45) is 2.29. The van der Waals surface area contributed by atoms with E-state index in [0.717, 1.165) is 19.4 Å². The number of hydrogen-bond acceptors (Lipinski definition) is 3. The van der Waals surface area contributed by atoms with Gasteiger partial charge in [-0.3, -0.25) is 4.90 Å². The lowest BCUT2D eigenvalue weighted by molar-refractivity contribution is 0.271. The molecule has 0 saturated carbocycles. The minimum atomic E-state index is -2.87. The first-order valence-electron chi connectivity index (χ1n) is 7.45. The highest BCUT2D eigenvalue weighted by Gasteiger charge is 2.27. The van der Waals surface area contributed by atoms with Crippen molar-refractivity contribution in [3.63, 3.8) is 0 Å². The van der Waals surface area contributed by atoms with E-state index in [9.17, 15) is 8.42 Å². The van der Waals surface area contributed by atoms with Gasteiger partial charge in [-0.05, 0) is 49.9 Å². The van der Waals surface area contributed by atoms with Crippen molar-refractivity contribution in [1.29, 1.82) is 0 Å². The molecular formula is C16H25NO2S. The van der Waals surface area contributed by atoms with E-state index in [1.165, 1.54) is 16.7 Å². The van der Waals surface area contributed by atoms with Gasteiger partial charge in [0.2, 0.25) is 0 Å². The third-order valence-corrected chi connectivity index (χ3v) is 6.18. The van der Waals surface area contributed by atoms with Gasteiger partial charge in [0.15, 0.2) is 9.84 Å². The molecule has 1 aliphatic heterocycles. The molecular weight excluding hydrogens is 270 g/mol. The Bertz CT molecular complexity index is 566. The zero-order valence-corrected chi connectivity index (χ0v) is 13.5. The highest BCUT2D eigenvalue weighted by Crippen LogP contribution is 2.34. The number of rotatable bonds is 5. The summed E-state index contributed by atoms with van der Waals surface area (Å²) in [5, 5.41) is 0. The van der Waals surface area contributed by atoms with Crippen LogP contribution in [0.1, 0.15) is 42.5 Å². The molecule has 20 heavy (non-hydrogen) atoms. The van der Waals surface area contributed by atoms with Gasteiger partial charge in [-0.25, -0.2) is 8.42 Å². The molecule has 1 fully saturated rings. The SMILES string of the molecule is CCS(=O)(=O)CCN1CCC[C@@H]1c1cccc(C)c1C. The van der Waals surface area contributed by atoms with Gasteiger partial charge in [0.25, 0.3) is 0 Å². The topological polar surface area (TPSA) is 37.4 Å². The largest absolute Gasteiger partial charge is 0.295 e. The molecule has 1 saturated heterocycles. The number of hydrogen-bond donors (Lipinski definition) is 0. The minimum absolute atomic E-state index is 0.245. The second-order valence-electron chi connectivity index (χ2n) is 5.72. The molecule has 3 nitrogen and oxygen atoms in total. The van der Waals surface area contributed by atoms with Crippen LogP contribution in [0.5, 0.6) is 0 Å². The molecule has 0 spiro atoms. The lowest BCUT2D eigenvalue weighted by Crippen LogP contribution is -2.30. The number of likely N-dealkylation sites (tertiary alicyclic amines) is 1. The van der Waals surface area contributed by atoms with E-state index in [0.29, 0.717) is 12.6 Å². The average molecular weight is 295 g/mol. The molecule has 0 bridgehead atoms. The number of sulfone groups is 1. The van der Waals surface area contributed by atoms with Crippen LogP contribution < -0.4 is 0 Å². The third kappa shape index (κ3) is 3.41. The second-order valence-corrected chi connectivity index (χ2v) is 8.19. The van der Waals surface area contributed by atoms with Gasteiger partial charge in [-0.2, -0.15) is 0 Å². The van der Waals surface area contributed by atoms with E-state index in [-0.39, 0.29) is 11.5 Å². The highest BCUT2D eigenvalue weighted by atomic mass is 32.2. The van der Waals surface area contributed by atoms with Crippen LogP contribution in [0.4, 0.5) is 0 Å². The van der Waals surface area contributed by atoms with E-state index in [1.807, 2.05) is 0 Å². The van der Waals surface area contributed by atoms with E-state index >= 15 is 0 Å². The Morgan fingerprint density at radius 3 is 2.75 bits per heavy atom. The molecule has 1 aromatic rings. The Hall–Kier alpha value is -0.870. The van der Waals surface area contributed by atoms with Crippen LogP contribution in [-0.4, -0.2) is 37.9 Å². The monoisotopic (exact) mass is 295 g/mol. The zero-order chi connectivity index (χ0) is 14.8. The Morgan fingerprint density at radius 1 is 1.30 bits per heavy atom. The minimum Gasteiger partial charge on any atom is -0.295 e. The van der Waals surface area contributed by atoms with Crippen molar-refractivity contribution in [3.05, 3.63) is 34.9 Å². The van der Waals surface area contributed by atoms with Crippen LogP contribution in [0.2, 0.25) is 0 Å². The molecule has 1 atom stereocenters. The molecule has 4 heteroatoms. The Kier molecular flexibility index (Phi) is 4.86. The predicted octanol–water partition coefficient (Wildman–Crippen LogP) is 2.88. The van der Waals surface area contributed by atoms with Crippen LogP contribution >= 0.6 is 0 Å². The van der Waals surface area contributed by atoms with Gasteiger partial charge in [0, 0.05) is 18.3 Å². The third-order valence-electron chi connectivity index (χ3n) is 4.50. The molecule has 1 aliphatic rings. The smallest absolute Gasteiger partial charge is 0.151 e. The first-order chi connectivity index (χ1) is 9.44. The van der Waals surface area contributed by atoms with Crippen molar-refractivity contribution in [2.24, 2.45) is 0 Å². The number of benzene rings is 1. The van der Waals surface area contributed by atoms with Crippen molar-refractivity contribution < 1.29 is 8.42 Å². The van der Waals surface area contributed by atoms with Gasteiger partial charge in [0.1, 0.15) is 0 Å². The normalized spacial score (nSPS) is 20.4. The van der Waals surface area contributed by atoms with Crippen LogP contribution in [0.3, 0.4) is 0 Å². The van der Waals surface area contributed by atoms with Crippen LogP contribution in [0.25, 0.3) is 0 Å². The maximum absolute atomic E-state index is 11.7. The van der Waals surface area contributed by atoms with Gasteiger partial charge < -0.3 is 0 Å². The molecule has 0 N–H and O–H groups in total. The summed E-state index contributed by atoms with van der Waals surface area (Å²) in [6, 6.07) is 6.83. The molecule has 1 aromatic carbocycles. The maximum atomic E-state index is 11.7. The molecule has 2 rings (SSSR count).